The van der Waals surface area contributed by atoms with Crippen molar-refractivity contribution in [2.24, 2.45) is 0 Å². The van der Waals surface area contributed by atoms with Gasteiger partial charge in [-0.3, -0.25) is 4.79 Å². The van der Waals surface area contributed by atoms with Crippen molar-refractivity contribution in [1.29, 1.82) is 0 Å². The fraction of sp³-hybridized carbons (Fsp3) is 0.611. The monoisotopic (exact) mass is 287 g/mol. The number of carbonyl (C=O) groups excluding carboxylic acids is 1. The van der Waals surface area contributed by atoms with Gasteiger partial charge in [0.1, 0.15) is 0 Å². The number of nitrogens with one attached hydrogen (secondary N) is 1. The van der Waals surface area contributed by atoms with E-state index in [2.05, 4.69) is 44.3 Å². The van der Waals surface area contributed by atoms with Gasteiger partial charge >= 0.3 is 5.97 Å². The molecule has 1 saturated heterocycles. The Kier molecular flexibility index (Phi) is 3.17. The molecule has 1 heterocycles. The molecule has 0 amide bonds. The molecule has 1 aliphatic carbocycles. The van der Waals surface area contributed by atoms with Crippen molar-refractivity contribution in [1.82, 2.24) is 5.32 Å². The van der Waals surface area contributed by atoms with Crippen LogP contribution in [-0.2, 0) is 20.4 Å². The summed E-state index contributed by atoms with van der Waals surface area (Å²) >= 11 is 0. The molecule has 114 valence electrons. The van der Waals surface area contributed by atoms with Gasteiger partial charge in [-0.2, -0.15) is 0 Å². The maximum absolute atomic E-state index is 12.8. The molecule has 21 heavy (non-hydrogen) atoms. The van der Waals surface area contributed by atoms with Gasteiger partial charge in [0.2, 0.25) is 0 Å². The molecule has 0 aromatic heterocycles. The molecule has 2 atom stereocenters. The highest BCUT2D eigenvalue weighted by atomic mass is 16.5. The quantitative estimate of drug-likeness (QED) is 0.850. The topological polar surface area (TPSA) is 38.3 Å². The molecule has 2 bridgehead atoms. The third-order valence-corrected chi connectivity index (χ3v) is 5.88. The number of benzene rings is 1. The predicted molar refractivity (Wildman–Crippen MR) is 83.4 cm³/mol. The Morgan fingerprint density at radius 1 is 1.24 bits per heavy atom. The van der Waals surface area contributed by atoms with Crippen LogP contribution in [0.5, 0.6) is 0 Å². The van der Waals surface area contributed by atoms with Crippen LogP contribution >= 0.6 is 0 Å². The first kappa shape index (κ1) is 14.6. The van der Waals surface area contributed by atoms with Crippen LogP contribution in [-0.4, -0.2) is 24.7 Å². The number of fused-ring (bicyclic) bond motifs is 4. The van der Waals surface area contributed by atoms with E-state index in [1.54, 1.807) is 0 Å². The lowest BCUT2D eigenvalue weighted by molar-refractivity contribution is -0.154. The number of esters is 1. The molecule has 3 nitrogen and oxygen atoms in total. The Hall–Kier alpha value is -1.35. The van der Waals surface area contributed by atoms with E-state index in [-0.39, 0.29) is 16.9 Å². The summed E-state index contributed by atoms with van der Waals surface area (Å²) in [6.45, 7) is 9.98. The number of hydrogen-bond donors (Lipinski definition) is 1. The zero-order chi connectivity index (χ0) is 15.3. The zero-order valence-electron chi connectivity index (χ0n) is 13.5. The van der Waals surface area contributed by atoms with E-state index >= 15 is 0 Å². The van der Waals surface area contributed by atoms with E-state index in [1.165, 1.54) is 11.1 Å². The van der Waals surface area contributed by atoms with E-state index in [0.29, 0.717) is 6.61 Å². The highest BCUT2D eigenvalue weighted by molar-refractivity contribution is 5.85. The molecule has 1 aromatic carbocycles. The lowest BCUT2D eigenvalue weighted by Gasteiger charge is -2.58. The zero-order valence-corrected chi connectivity index (χ0v) is 13.5. The van der Waals surface area contributed by atoms with Crippen molar-refractivity contribution < 1.29 is 9.53 Å². The van der Waals surface area contributed by atoms with Crippen LogP contribution in [0.25, 0.3) is 0 Å². The first-order valence-electron chi connectivity index (χ1n) is 7.90. The fourth-order valence-corrected chi connectivity index (χ4v) is 4.27. The van der Waals surface area contributed by atoms with Crippen molar-refractivity contribution in [2.75, 3.05) is 13.2 Å². The molecule has 1 aliphatic heterocycles. The van der Waals surface area contributed by atoms with Crippen LogP contribution in [0, 0.1) is 0 Å². The molecule has 1 N–H and O–H groups in total. The third kappa shape index (κ3) is 1.80. The van der Waals surface area contributed by atoms with Gasteiger partial charge in [-0.1, -0.05) is 38.1 Å². The molecular formula is C18H25NO2. The lowest BCUT2D eigenvalue weighted by atomic mass is 9.51. The Bertz CT molecular complexity index is 580. The van der Waals surface area contributed by atoms with E-state index in [1.807, 2.05) is 13.0 Å². The molecule has 3 heteroatoms. The summed E-state index contributed by atoms with van der Waals surface area (Å²) in [5, 5.41) is 3.67. The molecule has 0 spiro atoms. The lowest BCUT2D eigenvalue weighted by Crippen LogP contribution is -2.68. The van der Waals surface area contributed by atoms with Crippen molar-refractivity contribution in [3.8, 4) is 0 Å². The van der Waals surface area contributed by atoms with Crippen LogP contribution < -0.4 is 5.32 Å². The first-order chi connectivity index (χ1) is 9.87. The summed E-state index contributed by atoms with van der Waals surface area (Å²) in [5.41, 5.74) is 1.86. The van der Waals surface area contributed by atoms with E-state index in [4.69, 9.17) is 4.74 Å². The predicted octanol–water partition coefficient (Wildman–Crippen LogP) is 2.92. The highest BCUT2D eigenvalue weighted by Gasteiger charge is 2.60. The van der Waals surface area contributed by atoms with Crippen LogP contribution in [0.2, 0.25) is 0 Å². The first-order valence-corrected chi connectivity index (χ1v) is 7.90. The summed E-state index contributed by atoms with van der Waals surface area (Å²) in [6, 6.07) is 8.41. The number of hydrogen-bond acceptors (Lipinski definition) is 3. The van der Waals surface area contributed by atoms with Gasteiger partial charge in [0.25, 0.3) is 0 Å². The second kappa shape index (κ2) is 4.57. The van der Waals surface area contributed by atoms with Gasteiger partial charge in [-0.25, -0.2) is 0 Å². The Morgan fingerprint density at radius 2 is 1.90 bits per heavy atom. The van der Waals surface area contributed by atoms with E-state index in [9.17, 15) is 4.79 Å². The van der Waals surface area contributed by atoms with Gasteiger partial charge in [0.05, 0.1) is 12.0 Å². The Balaban J connectivity index is 2.24. The molecule has 0 radical (unpaired) electrons. The fourth-order valence-electron chi connectivity index (χ4n) is 4.27. The highest BCUT2D eigenvalue weighted by Crippen LogP contribution is 2.54. The van der Waals surface area contributed by atoms with Crippen molar-refractivity contribution in [3.63, 3.8) is 0 Å². The van der Waals surface area contributed by atoms with E-state index in [0.717, 1.165) is 19.4 Å². The molecule has 1 aromatic rings. The average molecular weight is 287 g/mol. The maximum atomic E-state index is 12.8. The van der Waals surface area contributed by atoms with Gasteiger partial charge in [-0.05, 0) is 44.4 Å². The molecule has 2 unspecified atom stereocenters. The minimum Gasteiger partial charge on any atom is -0.465 e. The number of rotatable bonds is 2. The van der Waals surface area contributed by atoms with Gasteiger partial charge in [0.15, 0.2) is 0 Å². The molecule has 2 aliphatic rings. The summed E-state index contributed by atoms with van der Waals surface area (Å²) in [4.78, 5) is 12.8. The minimum atomic E-state index is -0.484. The van der Waals surface area contributed by atoms with Gasteiger partial charge < -0.3 is 10.1 Å². The number of carbonyl (C=O) groups is 1. The molecule has 0 saturated carbocycles. The smallest absolute Gasteiger partial charge is 0.316 e. The minimum absolute atomic E-state index is 0.0139. The molecule has 3 rings (SSSR count). The second-order valence-corrected chi connectivity index (χ2v) is 7.16. The average Bonchev–Trinajstić information content (AvgIpc) is 2.46. The summed E-state index contributed by atoms with van der Waals surface area (Å²) in [5.74, 6) is -0.0549. The second-order valence-electron chi connectivity index (χ2n) is 7.16. The summed E-state index contributed by atoms with van der Waals surface area (Å²) < 4.78 is 5.46. The number of ether oxygens (including phenoxy) is 1. The van der Waals surface area contributed by atoms with Crippen LogP contribution in [0.1, 0.15) is 51.7 Å². The SMILES string of the molecule is CCOC(=O)C12CCNC(C)(C1)C(C)(C)c1ccccc12. The van der Waals surface area contributed by atoms with Gasteiger partial charge in [0, 0.05) is 11.0 Å². The molecular weight excluding hydrogens is 262 g/mol. The van der Waals surface area contributed by atoms with Gasteiger partial charge in [-0.15, -0.1) is 0 Å². The number of piperidine rings is 1. The normalized spacial score (nSPS) is 33.1. The largest absolute Gasteiger partial charge is 0.465 e. The van der Waals surface area contributed by atoms with E-state index < -0.39 is 5.41 Å². The van der Waals surface area contributed by atoms with Crippen LogP contribution in [0.4, 0.5) is 0 Å². The summed E-state index contributed by atoms with van der Waals surface area (Å²) in [7, 11) is 0. The molecule has 1 fully saturated rings. The maximum Gasteiger partial charge on any atom is 0.316 e. The third-order valence-electron chi connectivity index (χ3n) is 5.88. The van der Waals surface area contributed by atoms with Crippen LogP contribution in [0.3, 0.4) is 0 Å². The van der Waals surface area contributed by atoms with Crippen molar-refractivity contribution in [2.45, 2.75) is 56.9 Å². The Morgan fingerprint density at radius 3 is 2.57 bits per heavy atom. The van der Waals surface area contributed by atoms with Crippen LogP contribution in [0.15, 0.2) is 24.3 Å². The Labute approximate surface area is 127 Å². The van der Waals surface area contributed by atoms with Crippen molar-refractivity contribution in [3.05, 3.63) is 35.4 Å². The summed E-state index contributed by atoms with van der Waals surface area (Å²) in [6.07, 6.45) is 1.62. The van der Waals surface area contributed by atoms with Crippen molar-refractivity contribution >= 4 is 5.97 Å². The standard InChI is InChI=1S/C18H25NO2/c1-5-21-15(20)18-10-11-19-17(4,12-18)16(2,3)13-8-6-7-9-14(13)18/h6-9,19H,5,10-12H2,1-4H3.